The molecule has 0 spiro atoms. The Morgan fingerprint density at radius 3 is 2.73 bits per heavy atom. The molecule has 3 nitrogen and oxygen atoms in total. The number of carbonyl (C=O) groups excluding carboxylic acids is 2. The van der Waals surface area contributed by atoms with Gasteiger partial charge in [0.05, 0.1) is 6.04 Å². The summed E-state index contributed by atoms with van der Waals surface area (Å²) in [6.45, 7) is 4.44. The van der Waals surface area contributed by atoms with Crippen molar-refractivity contribution in [3.63, 3.8) is 0 Å². The lowest BCUT2D eigenvalue weighted by Gasteiger charge is -2.25. The average molecular weight is 229 g/mol. The van der Waals surface area contributed by atoms with Gasteiger partial charge in [-0.15, -0.1) is 0 Å². The van der Waals surface area contributed by atoms with Crippen LogP contribution in [0.4, 0.5) is 0 Å². The fourth-order valence-corrected chi connectivity index (χ4v) is 2.12. The minimum atomic E-state index is -0.162. The molecule has 0 radical (unpaired) electrons. The molecule has 0 bridgehead atoms. The summed E-state index contributed by atoms with van der Waals surface area (Å²) in [7, 11) is 0. The number of hydrogen-bond acceptors (Lipinski definition) is 3. The Hall–Kier alpha value is -0.510. The van der Waals surface area contributed by atoms with Crippen molar-refractivity contribution in [2.24, 2.45) is 5.92 Å². The van der Waals surface area contributed by atoms with Crippen LogP contribution in [0.15, 0.2) is 0 Å². The first-order valence-corrected chi connectivity index (χ1v) is 6.19. The summed E-state index contributed by atoms with van der Waals surface area (Å²) in [5.74, 6) is 0.725. The Bertz CT molecular complexity index is 255. The maximum absolute atomic E-state index is 11.9. The fraction of sp³-hybridized carbons (Fsp3) is 0.818. The Morgan fingerprint density at radius 1 is 1.53 bits per heavy atom. The van der Waals surface area contributed by atoms with Crippen molar-refractivity contribution in [2.75, 3.05) is 12.3 Å². The summed E-state index contributed by atoms with van der Waals surface area (Å²) in [4.78, 5) is 25.3. The summed E-state index contributed by atoms with van der Waals surface area (Å²) in [5, 5.41) is 0. The average Bonchev–Trinajstić information content (AvgIpc) is 2.74. The molecule has 2 unspecified atom stereocenters. The lowest BCUT2D eigenvalue weighted by Crippen LogP contribution is -2.43. The van der Waals surface area contributed by atoms with E-state index in [1.165, 1.54) is 0 Å². The van der Waals surface area contributed by atoms with E-state index in [-0.39, 0.29) is 23.7 Å². The highest BCUT2D eigenvalue weighted by Crippen LogP contribution is 2.21. The van der Waals surface area contributed by atoms with Crippen molar-refractivity contribution < 1.29 is 9.59 Å². The second-order valence-electron chi connectivity index (χ2n) is 4.09. The van der Waals surface area contributed by atoms with Gasteiger partial charge in [-0.05, 0) is 12.8 Å². The van der Waals surface area contributed by atoms with E-state index in [1.807, 2.05) is 13.8 Å². The summed E-state index contributed by atoms with van der Waals surface area (Å²) in [6.07, 6.45) is 2.29. The molecule has 1 amide bonds. The van der Waals surface area contributed by atoms with Crippen molar-refractivity contribution in [3.8, 4) is 0 Å². The molecule has 0 saturated carbocycles. The lowest BCUT2D eigenvalue weighted by atomic mass is 10.1. The highest BCUT2D eigenvalue weighted by molar-refractivity contribution is 7.80. The van der Waals surface area contributed by atoms with Gasteiger partial charge in [0, 0.05) is 24.6 Å². The van der Waals surface area contributed by atoms with Gasteiger partial charge in [-0.25, -0.2) is 0 Å². The zero-order valence-electron chi connectivity index (χ0n) is 9.40. The van der Waals surface area contributed by atoms with Gasteiger partial charge in [0.15, 0.2) is 5.78 Å². The van der Waals surface area contributed by atoms with Crippen LogP contribution in [0.1, 0.15) is 33.1 Å². The molecule has 1 heterocycles. The van der Waals surface area contributed by atoms with Crippen molar-refractivity contribution in [1.82, 2.24) is 4.90 Å². The van der Waals surface area contributed by atoms with E-state index in [2.05, 4.69) is 12.6 Å². The van der Waals surface area contributed by atoms with Gasteiger partial charge in [-0.2, -0.15) is 12.6 Å². The van der Waals surface area contributed by atoms with Gasteiger partial charge in [-0.3, -0.25) is 9.59 Å². The van der Waals surface area contributed by atoms with Crippen molar-refractivity contribution in [1.29, 1.82) is 0 Å². The molecule has 1 aliphatic heterocycles. The van der Waals surface area contributed by atoms with E-state index in [4.69, 9.17) is 0 Å². The zero-order valence-corrected chi connectivity index (χ0v) is 10.3. The number of amides is 1. The van der Waals surface area contributed by atoms with Crippen molar-refractivity contribution in [2.45, 2.75) is 39.2 Å². The van der Waals surface area contributed by atoms with E-state index in [1.54, 1.807) is 4.90 Å². The third-order valence-corrected chi connectivity index (χ3v) is 3.50. The van der Waals surface area contributed by atoms with E-state index in [0.717, 1.165) is 19.4 Å². The van der Waals surface area contributed by atoms with Gasteiger partial charge < -0.3 is 4.90 Å². The number of Topliss-reactive ketones (excluding diaryl/α,β-unsaturated/α-hetero) is 1. The molecule has 0 aliphatic carbocycles. The zero-order chi connectivity index (χ0) is 11.4. The van der Waals surface area contributed by atoms with Crippen LogP contribution in [0.25, 0.3) is 0 Å². The van der Waals surface area contributed by atoms with Crippen LogP contribution in [0.3, 0.4) is 0 Å². The molecule has 0 N–H and O–H groups in total. The van der Waals surface area contributed by atoms with Crippen LogP contribution < -0.4 is 0 Å². The van der Waals surface area contributed by atoms with Gasteiger partial charge in [0.2, 0.25) is 5.91 Å². The molecule has 4 heteroatoms. The van der Waals surface area contributed by atoms with E-state index >= 15 is 0 Å². The maximum atomic E-state index is 11.9. The summed E-state index contributed by atoms with van der Waals surface area (Å²) >= 11 is 4.12. The van der Waals surface area contributed by atoms with Gasteiger partial charge in [-0.1, -0.05) is 13.8 Å². The Labute approximate surface area is 96.6 Å². The molecule has 0 aromatic heterocycles. The third-order valence-electron chi connectivity index (χ3n) is 2.95. The normalized spacial score (nSPS) is 22.9. The summed E-state index contributed by atoms with van der Waals surface area (Å²) < 4.78 is 0. The lowest BCUT2D eigenvalue weighted by molar-refractivity contribution is -0.139. The Kier molecular flexibility index (Phi) is 4.64. The van der Waals surface area contributed by atoms with Crippen molar-refractivity contribution >= 4 is 24.3 Å². The van der Waals surface area contributed by atoms with Crippen LogP contribution in [-0.4, -0.2) is 34.9 Å². The second kappa shape index (κ2) is 5.54. The SMILES string of the molecule is CCC(=O)C1CCCN1C(=O)C(C)CS. The highest BCUT2D eigenvalue weighted by atomic mass is 32.1. The predicted octanol–water partition coefficient (Wildman–Crippen LogP) is 1.52. The third kappa shape index (κ3) is 2.74. The minimum absolute atomic E-state index is 0.0781. The van der Waals surface area contributed by atoms with Crippen LogP contribution >= 0.6 is 12.6 Å². The first-order valence-electron chi connectivity index (χ1n) is 5.55. The largest absolute Gasteiger partial charge is 0.332 e. The molecule has 86 valence electrons. The first-order chi connectivity index (χ1) is 7.11. The van der Waals surface area contributed by atoms with Gasteiger partial charge in [0.25, 0.3) is 0 Å². The molecule has 0 aromatic carbocycles. The van der Waals surface area contributed by atoms with Crippen LogP contribution in [0, 0.1) is 5.92 Å². The number of nitrogens with zero attached hydrogens (tertiary/aromatic N) is 1. The predicted molar refractivity (Wildman–Crippen MR) is 63.1 cm³/mol. The van der Waals surface area contributed by atoms with E-state index in [9.17, 15) is 9.59 Å². The second-order valence-corrected chi connectivity index (χ2v) is 4.46. The number of carbonyl (C=O) groups is 2. The van der Waals surface area contributed by atoms with E-state index < -0.39 is 0 Å². The molecule has 1 fully saturated rings. The number of ketones is 1. The smallest absolute Gasteiger partial charge is 0.226 e. The molecule has 1 rings (SSSR count). The topological polar surface area (TPSA) is 37.4 Å². The quantitative estimate of drug-likeness (QED) is 0.742. The highest BCUT2D eigenvalue weighted by Gasteiger charge is 2.34. The maximum Gasteiger partial charge on any atom is 0.226 e. The van der Waals surface area contributed by atoms with Gasteiger partial charge in [0.1, 0.15) is 0 Å². The number of rotatable bonds is 4. The number of thiol groups is 1. The first kappa shape index (κ1) is 12.6. The van der Waals surface area contributed by atoms with Crippen LogP contribution in [0.5, 0.6) is 0 Å². The van der Waals surface area contributed by atoms with Crippen LogP contribution in [0.2, 0.25) is 0 Å². The van der Waals surface area contributed by atoms with Crippen molar-refractivity contribution in [3.05, 3.63) is 0 Å². The summed E-state index contributed by atoms with van der Waals surface area (Å²) in [5.41, 5.74) is 0. The Balaban J connectivity index is 2.68. The molecule has 2 atom stereocenters. The molecule has 0 aromatic rings. The monoisotopic (exact) mass is 229 g/mol. The fourth-order valence-electron chi connectivity index (χ4n) is 1.96. The standard InChI is InChI=1S/C11H19NO2S/c1-3-10(13)9-5-4-6-12(9)11(14)8(2)7-15/h8-9,15H,3-7H2,1-2H3. The molecular formula is C11H19NO2S. The van der Waals surface area contributed by atoms with Crippen LogP contribution in [-0.2, 0) is 9.59 Å². The molecule has 15 heavy (non-hydrogen) atoms. The van der Waals surface area contributed by atoms with Gasteiger partial charge >= 0.3 is 0 Å². The molecular weight excluding hydrogens is 210 g/mol. The minimum Gasteiger partial charge on any atom is -0.332 e. The number of hydrogen-bond donors (Lipinski definition) is 1. The van der Waals surface area contributed by atoms with E-state index in [0.29, 0.717) is 12.2 Å². The Morgan fingerprint density at radius 2 is 2.20 bits per heavy atom. The molecule has 1 aliphatic rings. The number of likely N-dealkylation sites (tertiary alicyclic amines) is 1. The summed E-state index contributed by atoms with van der Waals surface area (Å²) in [6, 6.07) is -0.162. The molecule has 1 saturated heterocycles.